The van der Waals surface area contributed by atoms with Crippen LogP contribution in [0.1, 0.15) is 12.0 Å². The molecule has 10 nitrogen and oxygen atoms in total. The van der Waals surface area contributed by atoms with Crippen molar-refractivity contribution in [3.8, 4) is 0 Å². The summed E-state index contributed by atoms with van der Waals surface area (Å²) in [6, 6.07) is 14.0. The van der Waals surface area contributed by atoms with Crippen LogP contribution in [0.4, 0.5) is 11.5 Å². The van der Waals surface area contributed by atoms with Crippen LogP contribution in [0.3, 0.4) is 0 Å². The Bertz CT molecular complexity index is 1210. The lowest BCUT2D eigenvalue weighted by atomic mass is 10.2. The number of thioether (sulfide) groups is 1. The molecule has 0 atom stereocenters. The zero-order valence-electron chi connectivity index (χ0n) is 18.1. The summed E-state index contributed by atoms with van der Waals surface area (Å²) in [5, 5.41) is 12.2. The number of benzene rings is 1. The van der Waals surface area contributed by atoms with E-state index in [-0.39, 0.29) is 30.3 Å². The van der Waals surface area contributed by atoms with Crippen LogP contribution in [0.15, 0.2) is 69.3 Å². The van der Waals surface area contributed by atoms with Crippen molar-refractivity contribution in [2.24, 2.45) is 0 Å². The highest BCUT2D eigenvalue weighted by molar-refractivity contribution is 7.99. The first-order chi connectivity index (χ1) is 15.9. The Hall–Kier alpha value is -3.57. The number of carbonyl (C=O) groups excluding carboxylic acids is 1. The molecule has 0 aliphatic heterocycles. The molecule has 0 bridgehead atoms. The molecule has 0 saturated heterocycles. The van der Waals surface area contributed by atoms with Crippen molar-refractivity contribution in [2.45, 2.75) is 18.0 Å². The topological polar surface area (TPSA) is 137 Å². The van der Waals surface area contributed by atoms with Gasteiger partial charge in [0, 0.05) is 32.4 Å². The minimum Gasteiger partial charge on any atom is -0.618 e. The number of nitrogen functional groups attached to an aromatic ring is 1. The average Bonchev–Trinajstić information content (AvgIpc) is 2.80. The number of nitrogens with one attached hydrogen (secondary N) is 1. The number of aromatic nitrogens is 3. The van der Waals surface area contributed by atoms with Crippen LogP contribution in [0, 0.1) is 5.21 Å². The summed E-state index contributed by atoms with van der Waals surface area (Å²) in [5.41, 5.74) is 5.55. The highest BCUT2D eigenvalue weighted by Crippen LogP contribution is 2.21. The highest BCUT2D eigenvalue weighted by atomic mass is 32.2. The smallest absolute Gasteiger partial charge is 0.330 e. The number of hydrogen-bond donors (Lipinski definition) is 2. The maximum Gasteiger partial charge on any atom is 0.330 e. The molecule has 3 aromatic rings. The molecule has 174 valence electrons. The standard InChI is InChI=1S/C22H25N5O5S/c1-32-13-7-11-25(17(28)15-33-18-10-5-6-12-27(18)31)19-20(23)26(22(30)24-21(19)29)14-16-8-3-2-4-9-16/h2-6,8-10,12H,7,11,13-15,23H2,1H3,(H,24,29,30). The van der Waals surface area contributed by atoms with Crippen molar-refractivity contribution in [3.05, 3.63) is 86.3 Å². The Morgan fingerprint density at radius 2 is 1.94 bits per heavy atom. The van der Waals surface area contributed by atoms with Crippen molar-refractivity contribution >= 4 is 29.2 Å². The average molecular weight is 472 g/mol. The third-order valence-corrected chi connectivity index (χ3v) is 5.83. The number of hydrogen-bond acceptors (Lipinski definition) is 7. The van der Waals surface area contributed by atoms with Crippen LogP contribution >= 0.6 is 11.8 Å². The number of anilines is 2. The van der Waals surface area contributed by atoms with Crippen LogP contribution < -0.4 is 26.6 Å². The number of pyridine rings is 1. The number of carbonyl (C=O) groups is 1. The van der Waals surface area contributed by atoms with E-state index >= 15 is 0 Å². The molecule has 0 unspecified atom stereocenters. The van der Waals surface area contributed by atoms with E-state index in [1.54, 1.807) is 18.2 Å². The molecule has 2 heterocycles. The number of rotatable bonds is 10. The largest absolute Gasteiger partial charge is 0.618 e. The zero-order valence-corrected chi connectivity index (χ0v) is 18.9. The van der Waals surface area contributed by atoms with Gasteiger partial charge in [-0.05, 0) is 29.8 Å². The fraction of sp³-hybridized carbons (Fsp3) is 0.273. The Kier molecular flexibility index (Phi) is 8.28. The van der Waals surface area contributed by atoms with Crippen molar-refractivity contribution < 1.29 is 14.3 Å². The molecule has 1 amide bonds. The Balaban J connectivity index is 1.94. The van der Waals surface area contributed by atoms with Gasteiger partial charge in [0.15, 0.2) is 11.9 Å². The molecule has 0 aliphatic carbocycles. The van der Waals surface area contributed by atoms with Crippen molar-refractivity contribution in [1.82, 2.24) is 9.55 Å². The quantitative estimate of drug-likeness (QED) is 0.194. The maximum absolute atomic E-state index is 13.1. The molecule has 0 fully saturated rings. The van der Waals surface area contributed by atoms with E-state index in [1.807, 2.05) is 30.3 Å². The van der Waals surface area contributed by atoms with Gasteiger partial charge in [-0.3, -0.25) is 19.1 Å². The summed E-state index contributed by atoms with van der Waals surface area (Å²) in [7, 11) is 1.53. The number of aromatic amines is 1. The normalized spacial score (nSPS) is 10.8. The van der Waals surface area contributed by atoms with E-state index < -0.39 is 17.2 Å². The first-order valence-corrected chi connectivity index (χ1v) is 11.2. The summed E-state index contributed by atoms with van der Waals surface area (Å²) < 4.78 is 6.96. The summed E-state index contributed by atoms with van der Waals surface area (Å²) >= 11 is 1.05. The monoisotopic (exact) mass is 471 g/mol. The first-order valence-electron chi connectivity index (χ1n) is 10.2. The third kappa shape index (κ3) is 6.02. The summed E-state index contributed by atoms with van der Waals surface area (Å²) in [4.78, 5) is 41.9. The van der Waals surface area contributed by atoms with Crippen LogP contribution in [0.2, 0.25) is 0 Å². The molecule has 0 saturated carbocycles. The predicted molar refractivity (Wildman–Crippen MR) is 126 cm³/mol. The molecule has 3 N–H and O–H groups in total. The minimum absolute atomic E-state index is 0.101. The first kappa shape index (κ1) is 24.1. The number of amides is 1. The van der Waals surface area contributed by atoms with E-state index in [0.29, 0.717) is 22.8 Å². The summed E-state index contributed by atoms with van der Waals surface area (Å²) in [6.45, 7) is 0.637. The van der Waals surface area contributed by atoms with Gasteiger partial charge < -0.3 is 20.6 Å². The number of nitrogens with two attached hydrogens (primary N) is 1. The van der Waals surface area contributed by atoms with E-state index in [9.17, 15) is 19.6 Å². The van der Waals surface area contributed by atoms with Gasteiger partial charge in [-0.15, -0.1) is 0 Å². The van der Waals surface area contributed by atoms with Gasteiger partial charge in [-0.1, -0.05) is 30.3 Å². The lowest BCUT2D eigenvalue weighted by Crippen LogP contribution is -2.42. The van der Waals surface area contributed by atoms with Gasteiger partial charge in [0.05, 0.1) is 12.3 Å². The molecule has 3 rings (SSSR count). The van der Waals surface area contributed by atoms with E-state index in [2.05, 4.69) is 4.98 Å². The minimum atomic E-state index is -0.754. The van der Waals surface area contributed by atoms with Gasteiger partial charge >= 0.3 is 5.69 Å². The van der Waals surface area contributed by atoms with Crippen LogP contribution in [0.25, 0.3) is 0 Å². The van der Waals surface area contributed by atoms with Crippen LogP contribution in [0.5, 0.6) is 0 Å². The number of H-pyrrole nitrogens is 1. The Morgan fingerprint density at radius 1 is 1.21 bits per heavy atom. The second-order valence-electron chi connectivity index (χ2n) is 7.11. The van der Waals surface area contributed by atoms with Crippen molar-refractivity contribution in [2.75, 3.05) is 36.6 Å². The number of methoxy groups -OCH3 is 1. The number of nitrogens with zero attached hydrogens (tertiary/aromatic N) is 3. The fourth-order valence-corrected chi connectivity index (χ4v) is 4.02. The molecular formula is C22H25N5O5S. The molecule has 0 spiro atoms. The second kappa shape index (κ2) is 11.3. The lowest BCUT2D eigenvalue weighted by Gasteiger charge is -2.24. The van der Waals surface area contributed by atoms with E-state index in [4.69, 9.17) is 10.5 Å². The van der Waals surface area contributed by atoms with Crippen molar-refractivity contribution in [1.29, 1.82) is 0 Å². The van der Waals surface area contributed by atoms with Gasteiger partial charge in [0.25, 0.3) is 10.6 Å². The lowest BCUT2D eigenvalue weighted by molar-refractivity contribution is -0.645. The Labute approximate surface area is 194 Å². The van der Waals surface area contributed by atoms with Gasteiger partial charge in [-0.2, -0.15) is 4.73 Å². The van der Waals surface area contributed by atoms with E-state index in [0.717, 1.165) is 17.3 Å². The molecule has 33 heavy (non-hydrogen) atoms. The molecule has 2 aromatic heterocycles. The zero-order chi connectivity index (χ0) is 23.8. The highest BCUT2D eigenvalue weighted by Gasteiger charge is 2.25. The maximum atomic E-state index is 13.1. The van der Waals surface area contributed by atoms with Crippen LogP contribution in [-0.4, -0.2) is 41.5 Å². The molecule has 0 aliphatic rings. The van der Waals surface area contributed by atoms with E-state index in [1.165, 1.54) is 22.8 Å². The summed E-state index contributed by atoms with van der Waals surface area (Å²) in [6.07, 6.45) is 1.78. The van der Waals surface area contributed by atoms with Gasteiger partial charge in [0.1, 0.15) is 5.82 Å². The van der Waals surface area contributed by atoms with Crippen molar-refractivity contribution in [3.63, 3.8) is 0 Å². The van der Waals surface area contributed by atoms with Gasteiger partial charge in [0.2, 0.25) is 5.91 Å². The predicted octanol–water partition coefficient (Wildman–Crippen LogP) is 0.962. The van der Waals surface area contributed by atoms with Crippen LogP contribution in [-0.2, 0) is 16.1 Å². The molecule has 0 radical (unpaired) electrons. The molecule has 1 aromatic carbocycles. The molecular weight excluding hydrogens is 446 g/mol. The fourth-order valence-electron chi connectivity index (χ4n) is 3.23. The van der Waals surface area contributed by atoms with Gasteiger partial charge in [-0.25, -0.2) is 4.79 Å². The Morgan fingerprint density at radius 3 is 2.64 bits per heavy atom. The SMILES string of the molecule is COCCCN(C(=O)CSc1cccc[n+]1[O-])c1c(N)n(Cc2ccccc2)c(=O)[nH]c1=O. The number of ether oxygens (including phenoxy) is 1. The summed E-state index contributed by atoms with van der Waals surface area (Å²) in [5.74, 6) is -0.639. The molecule has 11 heteroatoms. The second-order valence-corrected chi connectivity index (χ2v) is 8.11. The third-order valence-electron chi connectivity index (χ3n) is 4.83.